The van der Waals surface area contributed by atoms with Crippen molar-refractivity contribution >= 4 is 55.7 Å². The van der Waals surface area contributed by atoms with E-state index >= 15 is 0 Å². The van der Waals surface area contributed by atoms with Gasteiger partial charge in [0.15, 0.2) is 0 Å². The Morgan fingerprint density at radius 1 is 0.400 bits per heavy atom. The highest BCUT2D eigenvalue weighted by Crippen LogP contribution is 2.52. The van der Waals surface area contributed by atoms with Crippen molar-refractivity contribution in [3.63, 3.8) is 0 Å². The van der Waals surface area contributed by atoms with Crippen LogP contribution < -0.4 is 9.80 Å². The molecule has 0 saturated carbocycles. The number of nitrogens with zero attached hydrogens (tertiary/aromatic N) is 2. The van der Waals surface area contributed by atoms with Crippen molar-refractivity contribution in [2.75, 3.05) is 9.80 Å². The van der Waals surface area contributed by atoms with E-state index in [9.17, 15) is 13.7 Å². The van der Waals surface area contributed by atoms with Crippen molar-refractivity contribution in [2.45, 2.75) is 19.3 Å². The maximum Gasteiger partial charge on any atom is 0.0667 e. The molecule has 0 spiro atoms. The van der Waals surface area contributed by atoms with Crippen LogP contribution in [0.1, 0.15) is 56.5 Å². The molecule has 1 aliphatic rings. The molecule has 0 radical (unpaired) electrons. The molecular weight excluding hydrogens is 665 g/mol. The molecule has 9 aromatic carbocycles. The topological polar surface area (TPSA) is 6.48 Å². The summed E-state index contributed by atoms with van der Waals surface area (Å²) < 4.78 is 207. The van der Waals surface area contributed by atoms with Gasteiger partial charge in [-0.15, -0.1) is 0 Å². The molecule has 0 aliphatic heterocycles. The predicted molar refractivity (Wildman–Crippen MR) is 234 cm³/mol. The second kappa shape index (κ2) is 13.2. The first-order valence-electron chi connectivity index (χ1n) is 28.7. The highest BCUT2D eigenvalue weighted by molar-refractivity contribution is 6.10. The van der Waals surface area contributed by atoms with Crippen molar-refractivity contribution in [1.29, 1.82) is 0 Å². The molecule has 2 nitrogen and oxygen atoms in total. The predicted octanol–water partition coefficient (Wildman–Crippen LogP) is 14.9. The molecule has 0 heterocycles. The minimum Gasteiger partial charge on any atom is -0.310 e. The van der Waals surface area contributed by atoms with Gasteiger partial charge >= 0.3 is 0 Å². The SMILES string of the molecule is [2H]c1c([2H])c([2H])c(-c2c([2H])c([2H])c(N(c3c([2H])c([2H])c([2H])c([2H])c3[2H])c3c([2H])c([2H])c([2H])c(N(c4ccc5c(c4)C(C)(C)c4cc6c(ccc7ccccc76)cc4-5)c4c([2H])c([2H])c([2H])c([2H])c4[2H])c3[2H])c([2H])c2[2H])c([2H])c1[2H]. The van der Waals surface area contributed by atoms with Gasteiger partial charge in [0.05, 0.1) is 31.5 Å². The Labute approximate surface area is 355 Å². The van der Waals surface area contributed by atoms with Crippen molar-refractivity contribution < 1.29 is 31.5 Å². The zero-order valence-electron chi connectivity index (χ0n) is 52.2. The summed E-state index contributed by atoms with van der Waals surface area (Å²) in [6, 6.07) is -1.23. The van der Waals surface area contributed by atoms with E-state index in [1.807, 2.05) is 50.2 Å². The average molecular weight is 728 g/mol. The maximum atomic E-state index is 10.2. The second-order valence-electron chi connectivity index (χ2n) is 13.3. The quantitative estimate of drug-likeness (QED) is 0.151. The lowest BCUT2D eigenvalue weighted by Gasteiger charge is -2.30. The number of para-hydroxylation sites is 2. The van der Waals surface area contributed by atoms with Crippen LogP contribution in [0.15, 0.2) is 206 Å². The van der Waals surface area contributed by atoms with Crippen LogP contribution in [-0.2, 0) is 5.41 Å². The van der Waals surface area contributed by atoms with Crippen LogP contribution >= 0.6 is 0 Å². The molecule has 0 amide bonds. The molecule has 262 valence electrons. The molecule has 1 aliphatic carbocycles. The maximum absolute atomic E-state index is 10.2. The lowest BCUT2D eigenvalue weighted by molar-refractivity contribution is 0.661. The number of hydrogen-bond donors (Lipinski definition) is 0. The van der Waals surface area contributed by atoms with Gasteiger partial charge in [-0.05, 0) is 134 Å². The molecule has 2 heteroatoms. The number of anilines is 6. The zero-order chi connectivity index (χ0) is 56.9. The lowest BCUT2D eigenvalue weighted by atomic mass is 9.81. The molecular formula is C53H40N2. The molecule has 55 heavy (non-hydrogen) atoms. The van der Waals surface area contributed by atoms with Gasteiger partial charge in [-0.3, -0.25) is 0 Å². The molecule has 9 aromatic rings. The third kappa shape index (κ3) is 5.66. The fraction of sp³-hybridized carbons (Fsp3) is 0.0566. The second-order valence-corrected chi connectivity index (χ2v) is 13.3. The minimum atomic E-state index is -1.14. The zero-order valence-corrected chi connectivity index (χ0v) is 29.2. The summed E-state index contributed by atoms with van der Waals surface area (Å²) in [5.41, 5.74) is -3.62. The standard InChI is InChI=1S/C53H40N2/c1-53(2)51-35-46(31-32-48(51)50-33-40-26-25-39-17-12-13-24-47(39)49(40)36-52(50)53)55(42-20-10-5-11-21-42)45-23-14-22-44(34-45)54(41-18-8-4-9-19-41)43-29-27-38(28-30-43)37-15-6-3-7-16-37/h3-36H,1-2H3/i3D,4D,5D,6D,7D,8D,9D,10D,11D,14D,15D,16D,18D,19D,20D,21D,22D,23D,27D,28D,29D,30D,34D. The van der Waals surface area contributed by atoms with Gasteiger partial charge < -0.3 is 9.80 Å². The van der Waals surface area contributed by atoms with Crippen LogP contribution in [0.25, 0.3) is 43.8 Å². The number of fused-ring (bicyclic) bond motifs is 6. The Morgan fingerprint density at radius 3 is 1.64 bits per heavy atom. The molecule has 0 aromatic heterocycles. The van der Waals surface area contributed by atoms with E-state index in [4.69, 9.17) is 17.8 Å². The summed E-state index contributed by atoms with van der Waals surface area (Å²) >= 11 is 0. The summed E-state index contributed by atoms with van der Waals surface area (Å²) in [4.78, 5) is 1.43. The Balaban J connectivity index is 1.31. The van der Waals surface area contributed by atoms with Crippen LogP contribution in [0.5, 0.6) is 0 Å². The number of hydrogen-bond acceptors (Lipinski definition) is 2. The molecule has 0 unspecified atom stereocenters. The van der Waals surface area contributed by atoms with E-state index < -0.39 is 184 Å². The van der Waals surface area contributed by atoms with E-state index in [1.54, 1.807) is 12.1 Å². The molecule has 0 N–H and O–H groups in total. The highest BCUT2D eigenvalue weighted by atomic mass is 15.2. The fourth-order valence-electron chi connectivity index (χ4n) is 7.24. The summed E-state index contributed by atoms with van der Waals surface area (Å²) in [5.74, 6) is 0. The molecule has 0 fully saturated rings. The first-order valence-corrected chi connectivity index (χ1v) is 17.2. The fourth-order valence-corrected chi connectivity index (χ4v) is 7.24. The van der Waals surface area contributed by atoms with Crippen molar-refractivity contribution in [2.24, 2.45) is 0 Å². The van der Waals surface area contributed by atoms with Crippen LogP contribution in [0, 0.1) is 0 Å². The number of rotatable bonds is 7. The van der Waals surface area contributed by atoms with Gasteiger partial charge in [0.25, 0.3) is 0 Å². The van der Waals surface area contributed by atoms with Crippen LogP contribution in [0.4, 0.5) is 34.1 Å². The van der Waals surface area contributed by atoms with Gasteiger partial charge in [-0.1, -0.05) is 141 Å². The Kier molecular flexibility index (Phi) is 3.99. The molecule has 10 rings (SSSR count). The van der Waals surface area contributed by atoms with Gasteiger partial charge in [0.2, 0.25) is 0 Å². The Morgan fingerprint density at radius 2 is 0.945 bits per heavy atom. The Hall–Kier alpha value is -6.90. The normalized spacial score (nSPS) is 18.5. The van der Waals surface area contributed by atoms with Crippen molar-refractivity contribution in [3.05, 3.63) is 217 Å². The van der Waals surface area contributed by atoms with E-state index in [0.29, 0.717) is 10.5 Å². The minimum absolute atomic E-state index is 0.0326. The average Bonchev–Trinajstić information content (AvgIpc) is 3.84. The van der Waals surface area contributed by atoms with E-state index in [-0.39, 0.29) is 5.69 Å². The highest BCUT2D eigenvalue weighted by Gasteiger charge is 2.36. The summed E-state index contributed by atoms with van der Waals surface area (Å²) in [6.45, 7) is 3.93. The molecule has 0 atom stereocenters. The summed E-state index contributed by atoms with van der Waals surface area (Å²) in [7, 11) is 0. The largest absolute Gasteiger partial charge is 0.310 e. The number of benzene rings is 9. The van der Waals surface area contributed by atoms with E-state index in [0.717, 1.165) is 43.1 Å². The van der Waals surface area contributed by atoms with Crippen molar-refractivity contribution in [3.8, 4) is 22.3 Å². The van der Waals surface area contributed by atoms with Crippen LogP contribution in [0.2, 0.25) is 0 Å². The van der Waals surface area contributed by atoms with Gasteiger partial charge in [0.1, 0.15) is 0 Å². The monoisotopic (exact) mass is 727 g/mol. The van der Waals surface area contributed by atoms with Crippen molar-refractivity contribution in [1.82, 2.24) is 0 Å². The van der Waals surface area contributed by atoms with Crippen LogP contribution in [-0.4, -0.2) is 0 Å². The van der Waals surface area contributed by atoms with Gasteiger partial charge in [-0.2, -0.15) is 0 Å². The van der Waals surface area contributed by atoms with E-state index in [1.165, 1.54) is 6.07 Å². The van der Waals surface area contributed by atoms with Gasteiger partial charge in [0, 0.05) is 39.5 Å². The van der Waals surface area contributed by atoms with E-state index in [2.05, 4.69) is 12.1 Å². The van der Waals surface area contributed by atoms with Gasteiger partial charge in [-0.25, -0.2) is 0 Å². The third-order valence-corrected chi connectivity index (χ3v) is 9.83. The molecule has 0 bridgehead atoms. The van der Waals surface area contributed by atoms with Crippen LogP contribution in [0.3, 0.4) is 0 Å². The first kappa shape index (κ1) is 16.6. The first-order chi connectivity index (χ1) is 36.6. The lowest BCUT2D eigenvalue weighted by Crippen LogP contribution is -2.17. The summed E-state index contributed by atoms with van der Waals surface area (Å²) in [5, 5.41) is 3.96. The Bertz CT molecular complexity index is 4080. The smallest absolute Gasteiger partial charge is 0.0667 e. The molecule has 0 saturated heterocycles. The third-order valence-electron chi connectivity index (χ3n) is 9.83. The summed E-state index contributed by atoms with van der Waals surface area (Å²) in [6.07, 6.45) is 0.